The van der Waals surface area contributed by atoms with Crippen molar-refractivity contribution in [1.29, 1.82) is 0 Å². The molecule has 0 saturated heterocycles. The van der Waals surface area contributed by atoms with E-state index in [1.54, 1.807) is 13.8 Å². The van der Waals surface area contributed by atoms with Crippen LogP contribution < -0.4 is 0 Å². The first kappa shape index (κ1) is 43.1. The molecule has 0 fully saturated rings. The molecule has 0 aromatic rings. The maximum Gasteiger partial charge on any atom is 0.333 e. The van der Waals surface area contributed by atoms with E-state index in [-0.39, 0.29) is 31.6 Å². The van der Waals surface area contributed by atoms with Crippen LogP contribution in [0, 0.1) is 5.92 Å². The van der Waals surface area contributed by atoms with Gasteiger partial charge in [-0.1, -0.05) is 65.5 Å². The smallest absolute Gasteiger partial charge is 0.333 e. The van der Waals surface area contributed by atoms with Crippen molar-refractivity contribution in [2.24, 2.45) is 5.92 Å². The van der Waals surface area contributed by atoms with Crippen LogP contribution in [0.5, 0.6) is 0 Å². The van der Waals surface area contributed by atoms with Crippen molar-refractivity contribution in [3.05, 3.63) is 62.0 Å². The van der Waals surface area contributed by atoms with E-state index in [9.17, 15) is 24.0 Å². The second-order valence-electron chi connectivity index (χ2n) is 7.76. The highest BCUT2D eigenvalue weighted by molar-refractivity contribution is 5.87. The van der Waals surface area contributed by atoms with E-state index in [0.29, 0.717) is 23.7 Å². The van der Waals surface area contributed by atoms with Crippen LogP contribution in [-0.2, 0) is 42.9 Å². The van der Waals surface area contributed by atoms with Crippen LogP contribution in [0.2, 0.25) is 0 Å². The highest BCUT2D eigenvalue weighted by atomic mass is 16.5. The summed E-state index contributed by atoms with van der Waals surface area (Å²) in [6.45, 7) is 21.1. The zero-order chi connectivity index (χ0) is 31.9. The molecule has 0 aliphatic carbocycles. The highest BCUT2D eigenvalue weighted by Crippen LogP contribution is 2.12. The number of carboxylic acid groups (broad SMARTS) is 1. The fourth-order valence-electron chi connectivity index (χ4n) is 1.99. The summed E-state index contributed by atoms with van der Waals surface area (Å²) in [6.07, 6.45) is 8.87. The van der Waals surface area contributed by atoms with Gasteiger partial charge in [-0.15, -0.1) is 0 Å². The molecular weight excluding hydrogens is 524 g/mol. The lowest BCUT2D eigenvalue weighted by molar-refractivity contribution is -0.140. The Morgan fingerprint density at radius 1 is 0.950 bits per heavy atom. The zero-order valence-electron chi connectivity index (χ0n) is 24.4. The minimum absolute atomic E-state index is 0.0473. The first-order chi connectivity index (χ1) is 18.8. The molecule has 0 bridgehead atoms. The molecule has 0 rings (SSSR count). The molecule has 0 saturated carbocycles. The number of aliphatic hydroxyl groups is 1. The molecular formula is C29H46O11. The van der Waals surface area contributed by atoms with Gasteiger partial charge < -0.3 is 29.2 Å². The summed E-state index contributed by atoms with van der Waals surface area (Å²) in [5.74, 6) is -2.21. The van der Waals surface area contributed by atoms with Gasteiger partial charge in [0.15, 0.2) is 0 Å². The molecule has 1 unspecified atom stereocenters. The third kappa shape index (κ3) is 36.2. The number of hydrogen-bond donors (Lipinski definition) is 2. The van der Waals surface area contributed by atoms with Gasteiger partial charge in [0.25, 0.3) is 0 Å². The Hall–Kier alpha value is -3.99. The summed E-state index contributed by atoms with van der Waals surface area (Å²) in [5.41, 5.74) is 0.783. The number of esters is 4. The molecule has 2 N–H and O–H groups in total. The van der Waals surface area contributed by atoms with Gasteiger partial charge in [-0.3, -0.25) is 4.79 Å². The number of methoxy groups -OCH3 is 1. The number of aliphatic carboxylic acids is 1. The quantitative estimate of drug-likeness (QED) is 0.124. The van der Waals surface area contributed by atoms with E-state index in [1.165, 1.54) is 32.1 Å². The van der Waals surface area contributed by atoms with Gasteiger partial charge in [-0.05, 0) is 26.2 Å². The molecule has 0 aliphatic rings. The number of carbonyl (C=O) groups is 5. The minimum Gasteiger partial charge on any atom is -0.478 e. The Morgan fingerprint density at radius 3 is 1.88 bits per heavy atom. The van der Waals surface area contributed by atoms with Crippen molar-refractivity contribution in [3.8, 4) is 0 Å². The molecule has 11 heteroatoms. The van der Waals surface area contributed by atoms with Gasteiger partial charge in [-0.25, -0.2) is 19.2 Å². The Labute approximate surface area is 237 Å². The third-order valence-electron chi connectivity index (χ3n) is 4.14. The number of hydrogen-bond acceptors (Lipinski definition) is 10. The lowest BCUT2D eigenvalue weighted by Gasteiger charge is -2.13. The van der Waals surface area contributed by atoms with Crippen LogP contribution in [0.4, 0.5) is 0 Å². The summed E-state index contributed by atoms with van der Waals surface area (Å²) >= 11 is 0. The van der Waals surface area contributed by atoms with Crippen molar-refractivity contribution >= 4 is 29.8 Å². The topological polar surface area (TPSA) is 163 Å². The Bertz CT molecular complexity index is 826. The van der Waals surface area contributed by atoms with Crippen LogP contribution in [0.3, 0.4) is 0 Å². The second-order valence-corrected chi connectivity index (χ2v) is 7.76. The average Bonchev–Trinajstić information content (AvgIpc) is 2.91. The van der Waals surface area contributed by atoms with Gasteiger partial charge in [0.2, 0.25) is 0 Å². The average molecular weight is 571 g/mol. The summed E-state index contributed by atoms with van der Waals surface area (Å²) in [7, 11) is 1.33. The summed E-state index contributed by atoms with van der Waals surface area (Å²) in [4.78, 5) is 51.8. The fourth-order valence-corrected chi connectivity index (χ4v) is 1.99. The van der Waals surface area contributed by atoms with Gasteiger partial charge in [0.05, 0.1) is 33.0 Å². The summed E-state index contributed by atoms with van der Waals surface area (Å²) in [6, 6.07) is 0. The molecule has 0 heterocycles. The van der Waals surface area contributed by atoms with Gasteiger partial charge >= 0.3 is 29.8 Å². The molecule has 0 amide bonds. The van der Waals surface area contributed by atoms with E-state index in [1.807, 2.05) is 0 Å². The van der Waals surface area contributed by atoms with Crippen molar-refractivity contribution in [1.82, 2.24) is 0 Å². The first-order valence-corrected chi connectivity index (χ1v) is 12.4. The molecule has 0 radical (unpaired) electrons. The number of carbonyl (C=O) groups excluding carboxylic acids is 4. The third-order valence-corrected chi connectivity index (χ3v) is 4.14. The molecule has 0 spiro atoms. The maximum absolute atomic E-state index is 10.8. The number of rotatable bonds is 15. The first-order valence-electron chi connectivity index (χ1n) is 12.4. The van der Waals surface area contributed by atoms with Gasteiger partial charge in [-0.2, -0.15) is 0 Å². The van der Waals surface area contributed by atoms with Gasteiger partial charge in [0.1, 0.15) is 6.61 Å². The predicted molar refractivity (Wildman–Crippen MR) is 152 cm³/mol. The fraction of sp³-hybridized carbons (Fsp3) is 0.483. The maximum atomic E-state index is 10.8. The number of carboxylic acids is 1. The van der Waals surface area contributed by atoms with Crippen LogP contribution in [0.15, 0.2) is 62.0 Å². The Balaban J connectivity index is -0.000000221. The molecule has 228 valence electrons. The number of unbranched alkanes of at least 4 members (excludes halogenated alkanes) is 1. The molecule has 0 aliphatic heterocycles. The van der Waals surface area contributed by atoms with Gasteiger partial charge in [0, 0.05) is 23.3 Å². The van der Waals surface area contributed by atoms with E-state index in [0.717, 1.165) is 25.2 Å². The molecule has 0 aromatic heterocycles. The SMILES string of the molecule is C=C(C)C(=O)OC.C=C(C)C(=O)OCCO.C=CC(=O)OCC(CC)CCCC.C=COC(=O)CC=CC(=O)O. The number of ether oxygens (including phenoxy) is 4. The standard InChI is InChI=1S/C11H20O2.C7H8O4.C6H10O3.C5H8O2/c1-4-7-8-10(5-2)9-13-11(12)6-3;1-2-11-7(10)5-3-4-6(8)9;1-5(2)6(8)9-4-3-7;1-4(2)5(6)7-3/h6,10H,3-5,7-9H2,1-2H3;2-4H,1,5H2,(H,8,9);7H,1,3-4H2,2H3;1H2,2-3H3. The second kappa shape index (κ2) is 31.2. The molecule has 40 heavy (non-hydrogen) atoms. The number of aliphatic hydroxyl groups excluding tert-OH is 1. The molecule has 1 atom stereocenters. The van der Waals surface area contributed by atoms with E-state index in [4.69, 9.17) is 14.9 Å². The van der Waals surface area contributed by atoms with E-state index >= 15 is 0 Å². The predicted octanol–water partition coefficient (Wildman–Crippen LogP) is 4.47. The van der Waals surface area contributed by atoms with Crippen LogP contribution in [0.25, 0.3) is 0 Å². The largest absolute Gasteiger partial charge is 0.478 e. The Morgan fingerprint density at radius 2 is 1.52 bits per heavy atom. The van der Waals surface area contributed by atoms with Crippen LogP contribution >= 0.6 is 0 Å². The summed E-state index contributed by atoms with van der Waals surface area (Å²) < 4.78 is 18.0. The van der Waals surface area contributed by atoms with Crippen molar-refractivity contribution in [3.63, 3.8) is 0 Å². The van der Waals surface area contributed by atoms with Crippen molar-refractivity contribution < 1.29 is 53.1 Å². The lowest BCUT2D eigenvalue weighted by atomic mass is 10.0. The highest BCUT2D eigenvalue weighted by Gasteiger charge is 2.07. The van der Waals surface area contributed by atoms with E-state index < -0.39 is 17.9 Å². The zero-order valence-corrected chi connectivity index (χ0v) is 24.4. The summed E-state index contributed by atoms with van der Waals surface area (Å²) in [5, 5.41) is 16.3. The van der Waals surface area contributed by atoms with Crippen LogP contribution in [-0.4, -0.2) is 67.0 Å². The normalized spacial score (nSPS) is 9.85. The molecule has 0 aromatic carbocycles. The van der Waals surface area contributed by atoms with Crippen LogP contribution in [0.1, 0.15) is 59.8 Å². The van der Waals surface area contributed by atoms with E-state index in [2.05, 4.69) is 54.4 Å². The van der Waals surface area contributed by atoms with Crippen molar-refractivity contribution in [2.75, 3.05) is 26.9 Å². The minimum atomic E-state index is -1.09. The molecule has 11 nitrogen and oxygen atoms in total. The van der Waals surface area contributed by atoms with Crippen molar-refractivity contribution in [2.45, 2.75) is 59.8 Å². The lowest BCUT2D eigenvalue weighted by Crippen LogP contribution is -2.12. The monoisotopic (exact) mass is 570 g/mol. The Kier molecular flexibility index (Phi) is 33.6.